The molecule has 0 saturated carbocycles. The highest BCUT2D eigenvalue weighted by Gasteiger charge is 2.23. The van der Waals surface area contributed by atoms with E-state index in [0.717, 1.165) is 24.2 Å². The lowest BCUT2D eigenvalue weighted by Gasteiger charge is -2.30. The number of nitriles is 1. The fraction of sp³-hybridized carbons (Fsp3) is 0.533. The number of carbonyl (C=O) groups excluding carboxylic acids is 1. The number of aromatic nitrogens is 1. The van der Waals surface area contributed by atoms with Crippen molar-refractivity contribution in [1.29, 1.82) is 5.26 Å². The number of likely N-dealkylation sites (tertiary alicyclic amines) is 1. The quantitative estimate of drug-likeness (QED) is 0.898. The molecule has 0 aromatic carbocycles. The van der Waals surface area contributed by atoms with E-state index < -0.39 is 0 Å². The Morgan fingerprint density at radius 3 is 2.80 bits per heavy atom. The molecule has 1 unspecified atom stereocenters. The Hall–Kier alpha value is -2.09. The maximum atomic E-state index is 12.2. The summed E-state index contributed by atoms with van der Waals surface area (Å²) < 4.78 is 0. The van der Waals surface area contributed by atoms with Crippen LogP contribution in [0.5, 0.6) is 0 Å². The number of carbonyl (C=O) groups is 1. The van der Waals surface area contributed by atoms with Crippen LogP contribution in [0.15, 0.2) is 18.2 Å². The highest BCUT2D eigenvalue weighted by atomic mass is 16.2. The van der Waals surface area contributed by atoms with Gasteiger partial charge in [-0.25, -0.2) is 4.79 Å². The van der Waals surface area contributed by atoms with E-state index in [9.17, 15) is 4.79 Å². The topological polar surface area (TPSA) is 69.0 Å². The van der Waals surface area contributed by atoms with Gasteiger partial charge in [0.1, 0.15) is 0 Å². The van der Waals surface area contributed by atoms with Crippen LogP contribution in [-0.4, -0.2) is 29.0 Å². The number of aryl methyl sites for hydroxylation is 1. The second-order valence-electron chi connectivity index (χ2n) is 5.27. The highest BCUT2D eigenvalue weighted by molar-refractivity contribution is 5.74. The summed E-state index contributed by atoms with van der Waals surface area (Å²) in [5.74, 6) is 0.0925. The molecule has 2 amide bonds. The van der Waals surface area contributed by atoms with Crippen LogP contribution in [0.4, 0.5) is 4.79 Å². The van der Waals surface area contributed by atoms with E-state index in [-0.39, 0.29) is 18.0 Å². The average Bonchev–Trinajstić information content (AvgIpc) is 2.47. The molecule has 1 aliphatic heterocycles. The highest BCUT2D eigenvalue weighted by Crippen LogP contribution is 2.17. The third-order valence-electron chi connectivity index (χ3n) is 3.66. The molecule has 1 fully saturated rings. The molecule has 106 valence electrons. The number of piperidine rings is 1. The van der Waals surface area contributed by atoms with E-state index in [0.29, 0.717) is 13.1 Å². The van der Waals surface area contributed by atoms with Crippen LogP contribution in [0.2, 0.25) is 0 Å². The SMILES string of the molecule is Cc1cccc(C(C)NC(=O)N2CCC(C#N)CC2)n1. The summed E-state index contributed by atoms with van der Waals surface area (Å²) in [5, 5.41) is 11.8. The molecular weight excluding hydrogens is 252 g/mol. The minimum absolute atomic E-state index is 0.0720. The summed E-state index contributed by atoms with van der Waals surface area (Å²) in [5.41, 5.74) is 1.81. The molecule has 0 spiro atoms. The Labute approximate surface area is 119 Å². The molecule has 2 rings (SSSR count). The molecule has 1 aromatic rings. The van der Waals surface area contributed by atoms with Gasteiger partial charge in [0, 0.05) is 24.7 Å². The van der Waals surface area contributed by atoms with Crippen LogP contribution in [0.25, 0.3) is 0 Å². The first kappa shape index (κ1) is 14.3. The first-order chi connectivity index (χ1) is 9.60. The number of pyridine rings is 1. The zero-order valence-electron chi connectivity index (χ0n) is 12.0. The van der Waals surface area contributed by atoms with Gasteiger partial charge in [0.05, 0.1) is 17.8 Å². The molecule has 2 heterocycles. The standard InChI is InChI=1S/C15H20N4O/c1-11-4-3-5-14(17-11)12(2)18-15(20)19-8-6-13(10-16)7-9-19/h3-5,12-13H,6-9H2,1-2H3,(H,18,20). The average molecular weight is 272 g/mol. The van der Waals surface area contributed by atoms with E-state index in [4.69, 9.17) is 5.26 Å². The van der Waals surface area contributed by atoms with E-state index in [1.165, 1.54) is 0 Å². The maximum Gasteiger partial charge on any atom is 0.317 e. The zero-order chi connectivity index (χ0) is 14.5. The van der Waals surface area contributed by atoms with Gasteiger partial charge in [-0.1, -0.05) is 6.07 Å². The van der Waals surface area contributed by atoms with Crippen LogP contribution in [-0.2, 0) is 0 Å². The lowest BCUT2D eigenvalue weighted by molar-refractivity contribution is 0.176. The summed E-state index contributed by atoms with van der Waals surface area (Å²) in [4.78, 5) is 18.4. The molecule has 1 N–H and O–H groups in total. The van der Waals surface area contributed by atoms with Crippen LogP contribution in [0.1, 0.15) is 37.2 Å². The number of hydrogen-bond donors (Lipinski definition) is 1. The molecule has 5 heteroatoms. The molecule has 1 atom stereocenters. The van der Waals surface area contributed by atoms with Crippen molar-refractivity contribution in [2.24, 2.45) is 5.92 Å². The van der Waals surface area contributed by atoms with Gasteiger partial charge in [-0.2, -0.15) is 5.26 Å². The van der Waals surface area contributed by atoms with Crippen molar-refractivity contribution in [2.75, 3.05) is 13.1 Å². The normalized spacial score (nSPS) is 17.4. The predicted molar refractivity (Wildman–Crippen MR) is 75.8 cm³/mol. The summed E-state index contributed by atoms with van der Waals surface area (Å²) in [6.45, 7) is 5.17. The van der Waals surface area contributed by atoms with Crippen molar-refractivity contribution in [3.05, 3.63) is 29.6 Å². The van der Waals surface area contributed by atoms with Crippen LogP contribution >= 0.6 is 0 Å². The number of amides is 2. The van der Waals surface area contributed by atoms with Gasteiger partial charge in [0.25, 0.3) is 0 Å². The fourth-order valence-electron chi connectivity index (χ4n) is 2.37. The second kappa shape index (κ2) is 6.38. The smallest absolute Gasteiger partial charge is 0.317 e. The van der Waals surface area contributed by atoms with Crippen molar-refractivity contribution < 1.29 is 4.79 Å². The molecule has 20 heavy (non-hydrogen) atoms. The first-order valence-electron chi connectivity index (χ1n) is 6.98. The maximum absolute atomic E-state index is 12.2. The summed E-state index contributed by atoms with van der Waals surface area (Å²) in [6, 6.07) is 7.88. The number of hydrogen-bond acceptors (Lipinski definition) is 3. The van der Waals surface area contributed by atoms with E-state index >= 15 is 0 Å². The van der Waals surface area contributed by atoms with Gasteiger partial charge in [0.15, 0.2) is 0 Å². The van der Waals surface area contributed by atoms with E-state index in [1.807, 2.05) is 32.0 Å². The van der Waals surface area contributed by atoms with E-state index in [1.54, 1.807) is 4.90 Å². The first-order valence-corrected chi connectivity index (χ1v) is 6.98. The van der Waals surface area contributed by atoms with Crippen molar-refractivity contribution in [1.82, 2.24) is 15.2 Å². The molecule has 0 aliphatic carbocycles. The van der Waals surface area contributed by atoms with Gasteiger partial charge >= 0.3 is 6.03 Å². The van der Waals surface area contributed by atoms with Crippen LogP contribution in [0.3, 0.4) is 0 Å². The Balaban J connectivity index is 1.90. The van der Waals surface area contributed by atoms with Crippen molar-refractivity contribution in [3.8, 4) is 6.07 Å². The minimum Gasteiger partial charge on any atom is -0.330 e. The van der Waals surface area contributed by atoms with Crippen molar-refractivity contribution in [2.45, 2.75) is 32.7 Å². The van der Waals surface area contributed by atoms with E-state index in [2.05, 4.69) is 16.4 Å². The van der Waals surface area contributed by atoms with Crippen molar-refractivity contribution >= 4 is 6.03 Å². The third kappa shape index (κ3) is 3.47. The molecule has 0 bridgehead atoms. The monoisotopic (exact) mass is 272 g/mol. The summed E-state index contributed by atoms with van der Waals surface area (Å²) in [6.07, 6.45) is 1.53. The Bertz CT molecular complexity index is 515. The van der Waals surface area contributed by atoms with Crippen LogP contribution < -0.4 is 5.32 Å². The Kier molecular flexibility index (Phi) is 4.57. The molecule has 0 radical (unpaired) electrons. The third-order valence-corrected chi connectivity index (χ3v) is 3.66. The largest absolute Gasteiger partial charge is 0.330 e. The van der Waals surface area contributed by atoms with Gasteiger partial charge in [-0.05, 0) is 38.8 Å². The molecule has 1 aromatic heterocycles. The number of nitrogens with one attached hydrogen (secondary N) is 1. The predicted octanol–water partition coefficient (Wildman–Crippen LogP) is 2.40. The van der Waals surface area contributed by atoms with Gasteiger partial charge in [-0.3, -0.25) is 4.98 Å². The molecule has 1 saturated heterocycles. The Morgan fingerprint density at radius 2 is 2.20 bits per heavy atom. The second-order valence-corrected chi connectivity index (χ2v) is 5.27. The Morgan fingerprint density at radius 1 is 1.50 bits per heavy atom. The molecule has 5 nitrogen and oxygen atoms in total. The number of rotatable bonds is 2. The van der Waals surface area contributed by atoms with Crippen molar-refractivity contribution in [3.63, 3.8) is 0 Å². The number of urea groups is 1. The van der Waals surface area contributed by atoms with Gasteiger partial charge in [-0.15, -0.1) is 0 Å². The minimum atomic E-state index is -0.115. The molecular formula is C15H20N4O. The lowest BCUT2D eigenvalue weighted by Crippen LogP contribution is -2.45. The van der Waals surface area contributed by atoms with Gasteiger partial charge < -0.3 is 10.2 Å². The fourth-order valence-corrected chi connectivity index (χ4v) is 2.37. The van der Waals surface area contributed by atoms with Crippen LogP contribution in [0, 0.1) is 24.2 Å². The summed E-state index contributed by atoms with van der Waals surface area (Å²) >= 11 is 0. The van der Waals surface area contributed by atoms with Gasteiger partial charge in [0.2, 0.25) is 0 Å². The lowest BCUT2D eigenvalue weighted by atomic mass is 9.99. The number of nitrogens with zero attached hydrogens (tertiary/aromatic N) is 3. The summed E-state index contributed by atoms with van der Waals surface area (Å²) in [7, 11) is 0. The molecule has 1 aliphatic rings. The zero-order valence-corrected chi connectivity index (χ0v) is 12.0.